The zero-order valence-corrected chi connectivity index (χ0v) is 7.47. The Morgan fingerprint density at radius 1 is 1.36 bits per heavy atom. The van der Waals surface area contributed by atoms with Crippen LogP contribution in [0.15, 0.2) is 35.1 Å². The van der Waals surface area contributed by atoms with Crippen molar-refractivity contribution < 1.29 is 4.52 Å². The Bertz CT molecular complexity index is 399. The van der Waals surface area contributed by atoms with Gasteiger partial charge in [0.1, 0.15) is 5.82 Å². The molecule has 0 aromatic carbocycles. The highest BCUT2D eigenvalue weighted by atomic mass is 16.5. The van der Waals surface area contributed by atoms with Crippen molar-refractivity contribution in [3.63, 3.8) is 0 Å². The molecule has 0 aliphatic rings. The third-order valence-corrected chi connectivity index (χ3v) is 1.78. The number of nitrogens with two attached hydrogens (primary N) is 1. The van der Waals surface area contributed by atoms with Gasteiger partial charge in [0.05, 0.1) is 18.4 Å². The minimum atomic E-state index is 0.479. The van der Waals surface area contributed by atoms with Crippen molar-refractivity contribution in [1.29, 1.82) is 0 Å². The molecular formula is C9H10N4O. The molecule has 72 valence electrons. The number of anilines is 2. The lowest BCUT2D eigenvalue weighted by Crippen LogP contribution is -2.02. The van der Waals surface area contributed by atoms with Crippen LogP contribution in [0, 0.1) is 0 Å². The second-order valence-corrected chi connectivity index (χ2v) is 2.77. The first-order valence-corrected chi connectivity index (χ1v) is 4.20. The molecule has 0 saturated carbocycles. The van der Waals surface area contributed by atoms with Crippen molar-refractivity contribution >= 4 is 11.5 Å². The fourth-order valence-corrected chi connectivity index (χ4v) is 1.08. The Hall–Kier alpha value is -2.04. The lowest BCUT2D eigenvalue weighted by molar-refractivity contribution is 0.388. The molecule has 14 heavy (non-hydrogen) atoms. The van der Waals surface area contributed by atoms with Gasteiger partial charge in [0.25, 0.3) is 0 Å². The Morgan fingerprint density at radius 2 is 2.29 bits per heavy atom. The molecule has 0 fully saturated rings. The van der Waals surface area contributed by atoms with Gasteiger partial charge < -0.3 is 15.6 Å². The van der Waals surface area contributed by atoms with E-state index < -0.39 is 0 Å². The molecule has 2 rings (SSSR count). The van der Waals surface area contributed by atoms with E-state index in [0.717, 1.165) is 11.4 Å². The van der Waals surface area contributed by atoms with Crippen LogP contribution in [0.2, 0.25) is 0 Å². The Morgan fingerprint density at radius 3 is 3.00 bits per heavy atom. The molecule has 3 N–H and O–H groups in total. The van der Waals surface area contributed by atoms with Crippen LogP contribution in [0.4, 0.5) is 11.5 Å². The van der Waals surface area contributed by atoms with Crippen LogP contribution in [0.1, 0.15) is 5.76 Å². The average Bonchev–Trinajstić information content (AvgIpc) is 2.69. The second kappa shape index (κ2) is 3.78. The van der Waals surface area contributed by atoms with E-state index in [9.17, 15) is 0 Å². The van der Waals surface area contributed by atoms with Gasteiger partial charge in [-0.05, 0) is 12.1 Å². The Balaban J connectivity index is 2.02. The molecule has 0 saturated heterocycles. The number of nitrogen functional groups attached to an aromatic ring is 1. The highest BCUT2D eigenvalue weighted by molar-refractivity contribution is 5.60. The largest absolute Gasteiger partial charge is 0.382 e. The lowest BCUT2D eigenvalue weighted by Gasteiger charge is -2.05. The standard InChI is InChI=1S/C9H10N4O/c10-9-8(2-1-4-11-9)12-6-7-3-5-13-14-7/h1-5,12H,6H2,(H2,10,11). The van der Waals surface area contributed by atoms with E-state index in [0.29, 0.717) is 12.4 Å². The van der Waals surface area contributed by atoms with Crippen LogP contribution in [0.3, 0.4) is 0 Å². The fourth-order valence-electron chi connectivity index (χ4n) is 1.08. The molecule has 0 spiro atoms. The summed E-state index contributed by atoms with van der Waals surface area (Å²) < 4.78 is 4.92. The highest BCUT2D eigenvalue weighted by Crippen LogP contribution is 2.14. The zero-order valence-electron chi connectivity index (χ0n) is 7.47. The maximum absolute atomic E-state index is 5.64. The monoisotopic (exact) mass is 190 g/mol. The molecule has 0 radical (unpaired) electrons. The first-order chi connectivity index (χ1) is 6.86. The van der Waals surface area contributed by atoms with Crippen LogP contribution in [-0.4, -0.2) is 10.1 Å². The quantitative estimate of drug-likeness (QED) is 0.762. The summed E-state index contributed by atoms with van der Waals surface area (Å²) in [6.45, 7) is 0.551. The number of hydrogen-bond acceptors (Lipinski definition) is 5. The Kier molecular flexibility index (Phi) is 2.31. The van der Waals surface area contributed by atoms with E-state index in [1.54, 1.807) is 18.5 Å². The van der Waals surface area contributed by atoms with E-state index in [1.807, 2.05) is 12.1 Å². The van der Waals surface area contributed by atoms with Gasteiger partial charge in [0.2, 0.25) is 0 Å². The van der Waals surface area contributed by atoms with Crippen LogP contribution in [0.5, 0.6) is 0 Å². The van der Waals surface area contributed by atoms with Crippen LogP contribution < -0.4 is 11.1 Å². The van der Waals surface area contributed by atoms with Crippen LogP contribution in [0.25, 0.3) is 0 Å². The SMILES string of the molecule is Nc1ncccc1NCc1ccno1. The topological polar surface area (TPSA) is 77.0 Å². The summed E-state index contributed by atoms with van der Waals surface area (Å²) in [6, 6.07) is 5.47. The predicted molar refractivity (Wildman–Crippen MR) is 52.5 cm³/mol. The van der Waals surface area contributed by atoms with E-state index in [4.69, 9.17) is 10.3 Å². The summed E-state index contributed by atoms with van der Waals surface area (Å²) in [4.78, 5) is 3.95. The first-order valence-electron chi connectivity index (χ1n) is 4.20. The number of rotatable bonds is 3. The lowest BCUT2D eigenvalue weighted by atomic mass is 10.3. The molecule has 0 aliphatic carbocycles. The van der Waals surface area contributed by atoms with E-state index in [2.05, 4.69) is 15.5 Å². The molecule has 0 amide bonds. The van der Waals surface area contributed by atoms with Gasteiger partial charge in [0, 0.05) is 12.3 Å². The van der Waals surface area contributed by atoms with Gasteiger partial charge in [-0.1, -0.05) is 5.16 Å². The van der Waals surface area contributed by atoms with Crippen LogP contribution >= 0.6 is 0 Å². The van der Waals surface area contributed by atoms with E-state index in [-0.39, 0.29) is 0 Å². The number of hydrogen-bond donors (Lipinski definition) is 2. The number of pyridine rings is 1. The van der Waals surface area contributed by atoms with E-state index in [1.165, 1.54) is 0 Å². The molecule has 0 bridgehead atoms. The maximum atomic E-state index is 5.64. The van der Waals surface area contributed by atoms with Gasteiger partial charge in [-0.25, -0.2) is 4.98 Å². The first kappa shape index (κ1) is 8.55. The maximum Gasteiger partial charge on any atom is 0.155 e. The molecule has 0 unspecified atom stereocenters. The summed E-state index contributed by atoms with van der Waals surface area (Å²) in [5.41, 5.74) is 6.44. The zero-order chi connectivity index (χ0) is 9.80. The highest BCUT2D eigenvalue weighted by Gasteiger charge is 2.00. The number of aromatic nitrogens is 2. The molecule has 2 aromatic heterocycles. The molecule has 0 aliphatic heterocycles. The van der Waals surface area contributed by atoms with Crippen molar-refractivity contribution in [3.8, 4) is 0 Å². The second-order valence-electron chi connectivity index (χ2n) is 2.77. The minimum absolute atomic E-state index is 0.479. The molecule has 2 aromatic rings. The normalized spacial score (nSPS) is 10.0. The molecule has 5 nitrogen and oxygen atoms in total. The number of nitrogens with one attached hydrogen (secondary N) is 1. The number of nitrogens with zero attached hydrogens (tertiary/aromatic N) is 2. The van der Waals surface area contributed by atoms with Crippen molar-refractivity contribution in [1.82, 2.24) is 10.1 Å². The fraction of sp³-hybridized carbons (Fsp3) is 0.111. The smallest absolute Gasteiger partial charge is 0.155 e. The van der Waals surface area contributed by atoms with Gasteiger partial charge in [-0.3, -0.25) is 0 Å². The van der Waals surface area contributed by atoms with Gasteiger partial charge in [0.15, 0.2) is 5.76 Å². The van der Waals surface area contributed by atoms with E-state index >= 15 is 0 Å². The van der Waals surface area contributed by atoms with Gasteiger partial charge in [-0.2, -0.15) is 0 Å². The predicted octanol–water partition coefficient (Wildman–Crippen LogP) is 1.26. The summed E-state index contributed by atoms with van der Waals surface area (Å²) >= 11 is 0. The van der Waals surface area contributed by atoms with Gasteiger partial charge >= 0.3 is 0 Å². The molecule has 5 heteroatoms. The van der Waals surface area contributed by atoms with Crippen molar-refractivity contribution in [2.24, 2.45) is 0 Å². The van der Waals surface area contributed by atoms with Crippen LogP contribution in [-0.2, 0) is 6.54 Å². The van der Waals surface area contributed by atoms with Crippen molar-refractivity contribution in [2.45, 2.75) is 6.54 Å². The Labute approximate surface area is 80.9 Å². The average molecular weight is 190 g/mol. The van der Waals surface area contributed by atoms with Crippen molar-refractivity contribution in [3.05, 3.63) is 36.4 Å². The van der Waals surface area contributed by atoms with Crippen molar-refractivity contribution in [2.75, 3.05) is 11.1 Å². The minimum Gasteiger partial charge on any atom is -0.382 e. The molecule has 2 heterocycles. The molecular weight excluding hydrogens is 180 g/mol. The third kappa shape index (κ3) is 1.82. The summed E-state index contributed by atoms with van der Waals surface area (Å²) in [6.07, 6.45) is 3.25. The molecule has 0 atom stereocenters. The third-order valence-electron chi connectivity index (χ3n) is 1.78. The summed E-state index contributed by atoms with van der Waals surface area (Å²) in [5.74, 6) is 1.24. The summed E-state index contributed by atoms with van der Waals surface area (Å²) in [7, 11) is 0. The van der Waals surface area contributed by atoms with Gasteiger partial charge in [-0.15, -0.1) is 0 Å². The summed E-state index contributed by atoms with van der Waals surface area (Å²) in [5, 5.41) is 6.69.